The van der Waals surface area contributed by atoms with Crippen LogP contribution >= 0.6 is 0 Å². The van der Waals surface area contributed by atoms with Gasteiger partial charge in [0, 0.05) is 18.5 Å². The molecule has 1 aliphatic carbocycles. The van der Waals surface area contributed by atoms with E-state index in [-0.39, 0.29) is 12.4 Å². The van der Waals surface area contributed by atoms with Gasteiger partial charge in [-0.05, 0) is 43.5 Å². The van der Waals surface area contributed by atoms with Crippen LogP contribution in [-0.4, -0.2) is 32.0 Å². The minimum atomic E-state index is -3.17. The molecule has 0 amide bonds. The molecule has 2 atom stereocenters. The molecule has 0 saturated heterocycles. The lowest BCUT2D eigenvalue weighted by Gasteiger charge is -2.35. The number of nitrogens with one attached hydrogen (secondary N) is 1. The number of halogens is 1. The van der Waals surface area contributed by atoms with Crippen LogP contribution in [0.2, 0.25) is 0 Å². The third-order valence-electron chi connectivity index (χ3n) is 3.82. The van der Waals surface area contributed by atoms with Crippen LogP contribution in [0.1, 0.15) is 19.3 Å². The molecule has 1 aromatic rings. The van der Waals surface area contributed by atoms with Crippen LogP contribution in [0.15, 0.2) is 24.3 Å². The maximum absolute atomic E-state index is 12.9. The molecule has 19 heavy (non-hydrogen) atoms. The van der Waals surface area contributed by atoms with Crippen molar-refractivity contribution in [3.63, 3.8) is 0 Å². The zero-order chi connectivity index (χ0) is 14.1. The number of rotatable bonds is 4. The monoisotopic (exact) mass is 286 g/mol. The van der Waals surface area contributed by atoms with Crippen LogP contribution in [-0.2, 0) is 9.84 Å². The average Bonchev–Trinajstić information content (AvgIpc) is 2.76. The van der Waals surface area contributed by atoms with E-state index in [1.807, 2.05) is 0 Å². The topological polar surface area (TPSA) is 72.2 Å². The summed E-state index contributed by atoms with van der Waals surface area (Å²) in [4.78, 5) is 0. The Bertz CT molecular complexity index is 544. The summed E-state index contributed by atoms with van der Waals surface area (Å²) >= 11 is 0. The van der Waals surface area contributed by atoms with Gasteiger partial charge in [0.2, 0.25) is 0 Å². The van der Waals surface area contributed by atoms with Gasteiger partial charge in [0.25, 0.3) is 0 Å². The largest absolute Gasteiger partial charge is 0.377 e. The highest BCUT2D eigenvalue weighted by Gasteiger charge is 2.47. The van der Waals surface area contributed by atoms with E-state index in [0.29, 0.717) is 18.5 Å². The highest BCUT2D eigenvalue weighted by atomic mass is 32.2. The molecule has 0 spiro atoms. The summed E-state index contributed by atoms with van der Waals surface area (Å²) in [5.41, 5.74) is 5.88. The van der Waals surface area contributed by atoms with Gasteiger partial charge in [-0.2, -0.15) is 0 Å². The second kappa shape index (κ2) is 5.09. The first-order chi connectivity index (χ1) is 8.87. The number of anilines is 1. The second-order valence-corrected chi connectivity index (χ2v) is 7.43. The number of nitrogens with two attached hydrogens (primary N) is 1. The molecule has 1 aromatic carbocycles. The molecule has 0 radical (unpaired) electrons. The van der Waals surface area contributed by atoms with Gasteiger partial charge in [0.05, 0.1) is 10.8 Å². The Hall–Kier alpha value is -1.14. The van der Waals surface area contributed by atoms with Crippen LogP contribution in [0, 0.1) is 5.82 Å². The van der Waals surface area contributed by atoms with Crippen molar-refractivity contribution in [2.45, 2.75) is 30.1 Å². The maximum atomic E-state index is 12.9. The molecule has 0 aromatic heterocycles. The van der Waals surface area contributed by atoms with E-state index in [2.05, 4.69) is 5.32 Å². The van der Waals surface area contributed by atoms with Crippen LogP contribution in [0.3, 0.4) is 0 Å². The van der Waals surface area contributed by atoms with Crippen molar-refractivity contribution in [3.05, 3.63) is 30.1 Å². The summed E-state index contributed by atoms with van der Waals surface area (Å²) in [6, 6.07) is 5.89. The van der Waals surface area contributed by atoms with Gasteiger partial charge < -0.3 is 11.1 Å². The maximum Gasteiger partial charge on any atom is 0.152 e. The fourth-order valence-corrected chi connectivity index (χ4v) is 4.60. The molecule has 2 rings (SSSR count). The Kier molecular flexibility index (Phi) is 3.82. The Balaban J connectivity index is 2.30. The lowest BCUT2D eigenvalue weighted by Crippen LogP contribution is -2.54. The molecule has 6 heteroatoms. The normalized spacial score (nSPS) is 27.4. The fraction of sp³-hybridized carbons (Fsp3) is 0.538. The average molecular weight is 286 g/mol. The predicted molar refractivity (Wildman–Crippen MR) is 74.3 cm³/mol. The molecule has 0 bridgehead atoms. The number of hydrogen-bond acceptors (Lipinski definition) is 4. The summed E-state index contributed by atoms with van der Waals surface area (Å²) in [7, 11) is -3.17. The Morgan fingerprint density at radius 3 is 2.58 bits per heavy atom. The van der Waals surface area contributed by atoms with E-state index < -0.39 is 20.6 Å². The fourth-order valence-electron chi connectivity index (χ4n) is 2.91. The molecule has 2 unspecified atom stereocenters. The van der Waals surface area contributed by atoms with Crippen LogP contribution in [0.25, 0.3) is 0 Å². The molecule has 1 saturated carbocycles. The van der Waals surface area contributed by atoms with E-state index in [1.165, 1.54) is 18.4 Å². The second-order valence-electron chi connectivity index (χ2n) is 5.20. The van der Waals surface area contributed by atoms with Crippen LogP contribution < -0.4 is 11.1 Å². The molecule has 3 N–H and O–H groups in total. The van der Waals surface area contributed by atoms with Gasteiger partial charge in [0.1, 0.15) is 5.82 Å². The van der Waals surface area contributed by atoms with Crippen molar-refractivity contribution in [2.24, 2.45) is 5.73 Å². The zero-order valence-electron chi connectivity index (χ0n) is 10.9. The molecule has 106 valence electrons. The molecule has 4 nitrogen and oxygen atoms in total. The first-order valence-corrected chi connectivity index (χ1v) is 8.25. The zero-order valence-corrected chi connectivity index (χ0v) is 11.7. The van der Waals surface area contributed by atoms with Gasteiger partial charge in [-0.3, -0.25) is 0 Å². The molecule has 1 aliphatic rings. The third-order valence-corrected chi connectivity index (χ3v) is 5.54. The van der Waals surface area contributed by atoms with Crippen molar-refractivity contribution >= 4 is 15.5 Å². The predicted octanol–water partition coefficient (Wildman–Crippen LogP) is 1.53. The SMILES string of the molecule is CS(=O)(=O)C1CCCC1(CN)Nc1ccc(F)cc1. The number of benzene rings is 1. The van der Waals surface area contributed by atoms with Gasteiger partial charge in [-0.15, -0.1) is 0 Å². The van der Waals surface area contributed by atoms with Crippen molar-refractivity contribution in [1.29, 1.82) is 0 Å². The lowest BCUT2D eigenvalue weighted by atomic mass is 9.96. The molecular formula is C13H19FN2O2S. The highest BCUT2D eigenvalue weighted by molar-refractivity contribution is 7.91. The van der Waals surface area contributed by atoms with Crippen LogP contribution in [0.4, 0.5) is 10.1 Å². The van der Waals surface area contributed by atoms with Gasteiger partial charge in [0.15, 0.2) is 9.84 Å². The molecular weight excluding hydrogens is 267 g/mol. The van der Waals surface area contributed by atoms with Crippen molar-refractivity contribution in [2.75, 3.05) is 18.1 Å². The summed E-state index contributed by atoms with van der Waals surface area (Å²) in [5.74, 6) is -0.321. The Labute approximate surface area is 113 Å². The molecule has 1 fully saturated rings. The van der Waals surface area contributed by atoms with Crippen LogP contribution in [0.5, 0.6) is 0 Å². The summed E-state index contributed by atoms with van der Waals surface area (Å²) in [6.45, 7) is 0.238. The first kappa shape index (κ1) is 14.3. The van der Waals surface area contributed by atoms with E-state index >= 15 is 0 Å². The lowest BCUT2D eigenvalue weighted by molar-refractivity contribution is 0.479. The van der Waals surface area contributed by atoms with E-state index in [1.54, 1.807) is 12.1 Å². The highest BCUT2D eigenvalue weighted by Crippen LogP contribution is 2.36. The Morgan fingerprint density at radius 1 is 1.42 bits per heavy atom. The summed E-state index contributed by atoms with van der Waals surface area (Å²) in [5, 5.41) is 2.73. The standard InChI is InChI=1S/C13H19FN2O2S/c1-19(17,18)12-3-2-8-13(12,9-15)16-11-6-4-10(14)5-7-11/h4-7,12,16H,2-3,8-9,15H2,1H3. The Morgan fingerprint density at radius 2 is 2.05 bits per heavy atom. The quantitative estimate of drug-likeness (QED) is 0.880. The third kappa shape index (κ3) is 2.90. The minimum Gasteiger partial charge on any atom is -0.377 e. The van der Waals surface area contributed by atoms with E-state index in [4.69, 9.17) is 5.73 Å². The van der Waals surface area contributed by atoms with E-state index in [9.17, 15) is 12.8 Å². The van der Waals surface area contributed by atoms with Crippen molar-refractivity contribution in [1.82, 2.24) is 0 Å². The van der Waals surface area contributed by atoms with Gasteiger partial charge >= 0.3 is 0 Å². The van der Waals surface area contributed by atoms with Gasteiger partial charge in [-0.1, -0.05) is 0 Å². The first-order valence-electron chi connectivity index (χ1n) is 6.30. The minimum absolute atomic E-state index is 0.238. The number of hydrogen-bond donors (Lipinski definition) is 2. The van der Waals surface area contributed by atoms with Gasteiger partial charge in [-0.25, -0.2) is 12.8 Å². The van der Waals surface area contributed by atoms with Crippen molar-refractivity contribution in [3.8, 4) is 0 Å². The summed E-state index contributed by atoms with van der Waals surface area (Å²) in [6.07, 6.45) is 3.39. The molecule has 0 aliphatic heterocycles. The van der Waals surface area contributed by atoms with Crippen molar-refractivity contribution < 1.29 is 12.8 Å². The smallest absolute Gasteiger partial charge is 0.152 e. The number of sulfone groups is 1. The van der Waals surface area contributed by atoms with E-state index in [0.717, 1.165) is 6.42 Å². The summed E-state index contributed by atoms with van der Waals surface area (Å²) < 4.78 is 36.7. The molecule has 0 heterocycles.